The summed E-state index contributed by atoms with van der Waals surface area (Å²) in [5.74, 6) is 5.13. The van der Waals surface area contributed by atoms with Gasteiger partial charge in [0.1, 0.15) is 5.82 Å². The number of nitrogens with zero attached hydrogens (tertiary/aromatic N) is 3. The van der Waals surface area contributed by atoms with Crippen LogP contribution in [0.25, 0.3) is 0 Å². The highest BCUT2D eigenvalue weighted by Gasteiger charge is 2.31. The lowest BCUT2D eigenvalue weighted by atomic mass is 10.0. The molecule has 12 heteroatoms. The van der Waals surface area contributed by atoms with Gasteiger partial charge in [0, 0.05) is 30.4 Å². The minimum atomic E-state index is -4.54. The molecule has 0 radical (unpaired) electrons. The standard InChI is InChI=1S/C24H20F3N5O3S/c1-15-2-3-17(21(33)30-20-13-18(6-7-28-20)24(25,26)27)12-16(15)4-5-19-14-29-22(36-19)31-23(34)32-8-10-35-11-9-32/h2-3,6-7,12-14H,8-11H2,1H3,(H,28,30,33)(H,29,31,34). The Hall–Kier alpha value is -3.95. The van der Waals surface area contributed by atoms with Crippen molar-refractivity contribution in [1.29, 1.82) is 0 Å². The smallest absolute Gasteiger partial charge is 0.378 e. The molecule has 4 rings (SSSR count). The summed E-state index contributed by atoms with van der Waals surface area (Å²) in [5, 5.41) is 5.54. The SMILES string of the molecule is Cc1ccc(C(=O)Nc2cc(C(F)(F)F)ccn2)cc1C#Cc1cnc(NC(=O)N2CCOCC2)s1. The molecule has 0 saturated carbocycles. The van der Waals surface area contributed by atoms with Crippen LogP contribution in [0.4, 0.5) is 28.9 Å². The second-order valence-corrected chi connectivity index (χ2v) is 8.75. The number of urea groups is 1. The number of carbonyl (C=O) groups is 2. The van der Waals surface area contributed by atoms with Gasteiger partial charge in [-0.05, 0) is 42.7 Å². The predicted molar refractivity (Wildman–Crippen MR) is 128 cm³/mol. The first-order chi connectivity index (χ1) is 17.2. The van der Waals surface area contributed by atoms with Crippen LogP contribution < -0.4 is 10.6 Å². The van der Waals surface area contributed by atoms with Crippen LogP contribution in [0.3, 0.4) is 0 Å². The summed E-state index contributed by atoms with van der Waals surface area (Å²) in [6.07, 6.45) is -2.02. The van der Waals surface area contributed by atoms with Gasteiger partial charge in [-0.25, -0.2) is 14.8 Å². The Labute approximate surface area is 208 Å². The van der Waals surface area contributed by atoms with E-state index in [1.54, 1.807) is 23.1 Å². The molecule has 3 amide bonds. The number of benzene rings is 1. The third-order valence-electron chi connectivity index (χ3n) is 5.17. The van der Waals surface area contributed by atoms with E-state index in [0.717, 1.165) is 23.9 Å². The van der Waals surface area contributed by atoms with Gasteiger partial charge in [0.05, 0.1) is 29.9 Å². The zero-order chi connectivity index (χ0) is 25.7. The molecule has 1 fully saturated rings. The van der Waals surface area contributed by atoms with Gasteiger partial charge in [-0.3, -0.25) is 10.1 Å². The number of pyridine rings is 1. The molecule has 1 saturated heterocycles. The molecule has 2 N–H and O–H groups in total. The minimum absolute atomic E-state index is 0.209. The monoisotopic (exact) mass is 515 g/mol. The molecule has 3 aromatic rings. The number of aromatic nitrogens is 2. The van der Waals surface area contributed by atoms with Crippen LogP contribution >= 0.6 is 11.3 Å². The van der Waals surface area contributed by atoms with Gasteiger partial charge < -0.3 is 15.0 Å². The first-order valence-corrected chi connectivity index (χ1v) is 11.6. The lowest BCUT2D eigenvalue weighted by Crippen LogP contribution is -2.43. The molecule has 1 aromatic carbocycles. The van der Waals surface area contributed by atoms with Crippen molar-refractivity contribution >= 4 is 34.2 Å². The summed E-state index contributed by atoms with van der Waals surface area (Å²) in [7, 11) is 0. The third kappa shape index (κ3) is 6.38. The molecule has 0 atom stereocenters. The van der Waals surface area contributed by atoms with Gasteiger partial charge in [0.25, 0.3) is 5.91 Å². The second kappa shape index (κ2) is 10.8. The summed E-state index contributed by atoms with van der Waals surface area (Å²) in [4.78, 5) is 35.1. The van der Waals surface area contributed by atoms with Crippen molar-refractivity contribution in [3.63, 3.8) is 0 Å². The Morgan fingerprint density at radius 1 is 1.08 bits per heavy atom. The Morgan fingerprint density at radius 3 is 2.61 bits per heavy atom. The molecule has 0 bridgehead atoms. The molecule has 8 nitrogen and oxygen atoms in total. The van der Waals surface area contributed by atoms with Crippen molar-refractivity contribution in [2.24, 2.45) is 0 Å². The van der Waals surface area contributed by atoms with Crippen molar-refractivity contribution in [2.45, 2.75) is 13.1 Å². The van der Waals surface area contributed by atoms with E-state index >= 15 is 0 Å². The molecule has 36 heavy (non-hydrogen) atoms. The maximum absolute atomic E-state index is 12.9. The number of halogens is 3. The summed E-state index contributed by atoms with van der Waals surface area (Å²) < 4.78 is 44.0. The van der Waals surface area contributed by atoms with Gasteiger partial charge in [-0.15, -0.1) is 0 Å². The maximum atomic E-state index is 12.9. The van der Waals surface area contributed by atoms with E-state index in [0.29, 0.717) is 41.9 Å². The number of thiazole rings is 1. The number of morpholine rings is 1. The van der Waals surface area contributed by atoms with Crippen molar-refractivity contribution < 1.29 is 27.5 Å². The highest BCUT2D eigenvalue weighted by molar-refractivity contribution is 7.16. The summed E-state index contributed by atoms with van der Waals surface area (Å²) >= 11 is 1.21. The highest BCUT2D eigenvalue weighted by atomic mass is 32.1. The predicted octanol–water partition coefficient (Wildman–Crippen LogP) is 4.38. The fourth-order valence-electron chi connectivity index (χ4n) is 3.22. The summed E-state index contributed by atoms with van der Waals surface area (Å²) in [5.41, 5.74) is 0.675. The molecule has 0 aliphatic carbocycles. The van der Waals surface area contributed by atoms with E-state index in [-0.39, 0.29) is 17.4 Å². The average Bonchev–Trinajstić information content (AvgIpc) is 3.30. The Morgan fingerprint density at radius 2 is 1.86 bits per heavy atom. The van der Waals surface area contributed by atoms with Gasteiger partial charge in [0.15, 0.2) is 5.13 Å². The molecular weight excluding hydrogens is 495 g/mol. The Bertz CT molecular complexity index is 1340. The first-order valence-electron chi connectivity index (χ1n) is 10.8. The number of hydrogen-bond donors (Lipinski definition) is 2. The molecule has 186 valence electrons. The lowest BCUT2D eigenvalue weighted by Gasteiger charge is -2.26. The number of nitrogens with one attached hydrogen (secondary N) is 2. The van der Waals surface area contributed by atoms with Gasteiger partial charge >= 0.3 is 12.2 Å². The molecule has 0 spiro atoms. The van der Waals surface area contributed by atoms with Crippen LogP contribution in [-0.4, -0.2) is 53.1 Å². The van der Waals surface area contributed by atoms with Crippen LogP contribution in [0.5, 0.6) is 0 Å². The molecule has 1 aliphatic heterocycles. The fourth-order valence-corrected chi connectivity index (χ4v) is 3.88. The van der Waals surface area contributed by atoms with Crippen LogP contribution in [0, 0.1) is 18.8 Å². The third-order valence-corrected chi connectivity index (χ3v) is 6.00. The average molecular weight is 516 g/mol. The van der Waals surface area contributed by atoms with Crippen LogP contribution in [0.1, 0.15) is 31.9 Å². The Balaban J connectivity index is 1.44. The van der Waals surface area contributed by atoms with E-state index in [9.17, 15) is 22.8 Å². The number of hydrogen-bond acceptors (Lipinski definition) is 6. The van der Waals surface area contributed by atoms with E-state index in [4.69, 9.17) is 4.74 Å². The minimum Gasteiger partial charge on any atom is -0.378 e. The quantitative estimate of drug-likeness (QED) is 0.505. The van der Waals surface area contributed by atoms with Crippen molar-refractivity contribution in [1.82, 2.24) is 14.9 Å². The number of carbonyl (C=O) groups excluding carboxylic acids is 2. The van der Waals surface area contributed by atoms with E-state index in [2.05, 4.69) is 32.4 Å². The molecule has 2 aromatic heterocycles. The number of aryl methyl sites for hydroxylation is 1. The number of alkyl halides is 3. The number of rotatable bonds is 3. The lowest BCUT2D eigenvalue weighted by molar-refractivity contribution is -0.137. The first kappa shape index (κ1) is 25.2. The largest absolute Gasteiger partial charge is 0.416 e. The molecular formula is C24H20F3N5O3S. The van der Waals surface area contributed by atoms with E-state index in [1.807, 2.05) is 6.92 Å². The fraction of sp³-hybridized carbons (Fsp3) is 0.250. The van der Waals surface area contributed by atoms with E-state index < -0.39 is 17.6 Å². The normalized spacial score (nSPS) is 13.5. The van der Waals surface area contributed by atoms with Crippen molar-refractivity contribution in [3.05, 3.63) is 69.9 Å². The Kier molecular flexibility index (Phi) is 7.52. The molecule has 1 aliphatic rings. The maximum Gasteiger partial charge on any atom is 0.416 e. The van der Waals surface area contributed by atoms with Crippen LogP contribution in [0.15, 0.2) is 42.7 Å². The summed E-state index contributed by atoms with van der Waals surface area (Å²) in [6.45, 7) is 3.83. The highest BCUT2D eigenvalue weighted by Crippen LogP contribution is 2.30. The van der Waals surface area contributed by atoms with Crippen LogP contribution in [-0.2, 0) is 10.9 Å². The number of ether oxygens (including phenoxy) is 1. The van der Waals surface area contributed by atoms with Gasteiger partial charge in [-0.1, -0.05) is 23.3 Å². The van der Waals surface area contributed by atoms with Crippen molar-refractivity contribution in [3.8, 4) is 11.8 Å². The van der Waals surface area contributed by atoms with Gasteiger partial charge in [0.2, 0.25) is 0 Å². The molecule has 3 heterocycles. The van der Waals surface area contributed by atoms with Gasteiger partial charge in [-0.2, -0.15) is 13.2 Å². The number of anilines is 2. The zero-order valence-electron chi connectivity index (χ0n) is 19.0. The van der Waals surface area contributed by atoms with Crippen molar-refractivity contribution in [2.75, 3.05) is 36.9 Å². The number of amides is 3. The van der Waals surface area contributed by atoms with E-state index in [1.165, 1.54) is 17.5 Å². The second-order valence-electron chi connectivity index (χ2n) is 7.72. The topological polar surface area (TPSA) is 96.4 Å². The summed E-state index contributed by atoms with van der Waals surface area (Å²) in [6, 6.07) is 6.14. The zero-order valence-corrected chi connectivity index (χ0v) is 19.8. The molecule has 0 unspecified atom stereocenters. The van der Waals surface area contributed by atoms with Crippen LogP contribution in [0.2, 0.25) is 0 Å².